The molecule has 4 unspecified atom stereocenters. The van der Waals surface area contributed by atoms with Crippen molar-refractivity contribution in [2.75, 3.05) is 6.54 Å². The number of carbonyl (C=O) groups excluding carboxylic acids is 2. The van der Waals surface area contributed by atoms with Crippen LogP contribution < -0.4 is 10.6 Å². The second-order valence-corrected chi connectivity index (χ2v) is 7.87. The van der Waals surface area contributed by atoms with Crippen LogP contribution in [0.3, 0.4) is 0 Å². The predicted octanol–water partition coefficient (Wildman–Crippen LogP) is 0.689. The molecule has 5 atom stereocenters. The lowest BCUT2D eigenvalue weighted by Crippen LogP contribution is -2.56. The lowest BCUT2D eigenvalue weighted by molar-refractivity contribution is -0.133. The Bertz CT molecular complexity index is 565. The molecular weight excluding hydrogens is 338 g/mol. The van der Waals surface area contributed by atoms with Gasteiger partial charge in [0.15, 0.2) is 6.10 Å². The van der Waals surface area contributed by atoms with Gasteiger partial charge in [-0.25, -0.2) is 4.79 Å². The Hall–Kier alpha value is -1.83. The SMILES string of the molecule is CCC[C@H](NC(=O)C1C2CCCC2CN1C(=O)O)C(O)C(=O)NC1CC1. The van der Waals surface area contributed by atoms with Crippen molar-refractivity contribution in [3.8, 4) is 0 Å². The number of fused-ring (bicyclic) bond motifs is 1. The van der Waals surface area contributed by atoms with E-state index in [1.54, 1.807) is 0 Å². The highest BCUT2D eigenvalue weighted by molar-refractivity contribution is 5.88. The Labute approximate surface area is 153 Å². The van der Waals surface area contributed by atoms with Gasteiger partial charge in [-0.3, -0.25) is 14.5 Å². The number of hydrogen-bond acceptors (Lipinski definition) is 4. The molecular formula is C18H29N3O5. The fourth-order valence-corrected chi connectivity index (χ4v) is 4.42. The Morgan fingerprint density at radius 1 is 1.19 bits per heavy atom. The third-order valence-electron chi connectivity index (χ3n) is 5.91. The maximum absolute atomic E-state index is 12.9. The van der Waals surface area contributed by atoms with Gasteiger partial charge in [0.1, 0.15) is 6.04 Å². The highest BCUT2D eigenvalue weighted by atomic mass is 16.4. The predicted molar refractivity (Wildman–Crippen MR) is 93.4 cm³/mol. The molecule has 0 aromatic rings. The van der Waals surface area contributed by atoms with Gasteiger partial charge in [0, 0.05) is 12.6 Å². The van der Waals surface area contributed by atoms with Crippen LogP contribution in [0.25, 0.3) is 0 Å². The molecule has 3 aliphatic rings. The summed E-state index contributed by atoms with van der Waals surface area (Å²) in [6.45, 7) is 2.30. The molecule has 146 valence electrons. The molecule has 1 saturated heterocycles. The number of aliphatic hydroxyl groups is 1. The standard InChI is InChI=1S/C18H29N3O5/c1-2-4-13(15(22)17(24)19-11-7-8-11)20-16(23)14-12-6-3-5-10(12)9-21(14)18(25)26/h10-15,22H,2-9H2,1H3,(H,19,24)(H,20,23)(H,25,26)/t10?,12?,13-,14?,15?/m0/s1. The molecule has 4 N–H and O–H groups in total. The van der Waals surface area contributed by atoms with E-state index in [0.717, 1.165) is 32.1 Å². The Kier molecular flexibility index (Phi) is 5.70. The van der Waals surface area contributed by atoms with E-state index in [0.29, 0.717) is 19.4 Å². The zero-order valence-corrected chi connectivity index (χ0v) is 15.2. The van der Waals surface area contributed by atoms with Crippen LogP contribution in [0.4, 0.5) is 4.79 Å². The van der Waals surface area contributed by atoms with Gasteiger partial charge >= 0.3 is 6.09 Å². The van der Waals surface area contributed by atoms with Gasteiger partial charge in [0.25, 0.3) is 5.91 Å². The van der Waals surface area contributed by atoms with Gasteiger partial charge in [-0.15, -0.1) is 0 Å². The summed E-state index contributed by atoms with van der Waals surface area (Å²) in [7, 11) is 0. The van der Waals surface area contributed by atoms with Crippen molar-refractivity contribution in [3.63, 3.8) is 0 Å². The number of hydrogen-bond donors (Lipinski definition) is 4. The smallest absolute Gasteiger partial charge is 0.407 e. The summed E-state index contributed by atoms with van der Waals surface area (Å²) in [5, 5.41) is 25.4. The molecule has 8 nitrogen and oxygen atoms in total. The van der Waals surface area contributed by atoms with Crippen molar-refractivity contribution in [3.05, 3.63) is 0 Å². The highest BCUT2D eigenvalue weighted by Gasteiger charge is 2.50. The molecule has 0 bridgehead atoms. The number of likely N-dealkylation sites (tertiary alicyclic amines) is 1. The molecule has 3 amide bonds. The summed E-state index contributed by atoms with van der Waals surface area (Å²) in [6, 6.07) is -1.30. The van der Waals surface area contributed by atoms with Gasteiger partial charge in [-0.05, 0) is 43.9 Å². The number of carbonyl (C=O) groups is 3. The summed E-state index contributed by atoms with van der Waals surface area (Å²) in [5.74, 6) is -0.592. The van der Waals surface area contributed by atoms with E-state index in [2.05, 4.69) is 10.6 Å². The van der Waals surface area contributed by atoms with Crippen LogP contribution >= 0.6 is 0 Å². The van der Waals surface area contributed by atoms with E-state index in [9.17, 15) is 24.6 Å². The molecule has 3 rings (SSSR count). The fraction of sp³-hybridized carbons (Fsp3) is 0.833. The van der Waals surface area contributed by atoms with Crippen LogP contribution in [-0.2, 0) is 9.59 Å². The number of amides is 3. The molecule has 26 heavy (non-hydrogen) atoms. The molecule has 3 fully saturated rings. The summed E-state index contributed by atoms with van der Waals surface area (Å²) in [4.78, 5) is 37.8. The molecule has 0 spiro atoms. The van der Waals surface area contributed by atoms with Crippen LogP contribution in [0, 0.1) is 11.8 Å². The maximum Gasteiger partial charge on any atom is 0.407 e. The average Bonchev–Trinajstić information content (AvgIpc) is 3.15. The molecule has 8 heteroatoms. The Morgan fingerprint density at radius 2 is 1.92 bits per heavy atom. The summed E-state index contributed by atoms with van der Waals surface area (Å²) in [5.41, 5.74) is 0. The van der Waals surface area contributed by atoms with Crippen molar-refractivity contribution < 1.29 is 24.6 Å². The first-order valence-corrected chi connectivity index (χ1v) is 9.70. The monoisotopic (exact) mass is 367 g/mol. The van der Waals surface area contributed by atoms with Gasteiger partial charge in [0.05, 0.1) is 6.04 Å². The molecule has 0 aromatic heterocycles. The molecule has 0 radical (unpaired) electrons. The van der Waals surface area contributed by atoms with Crippen LogP contribution in [0.2, 0.25) is 0 Å². The Morgan fingerprint density at radius 3 is 2.54 bits per heavy atom. The van der Waals surface area contributed by atoms with Crippen molar-refractivity contribution >= 4 is 17.9 Å². The number of carboxylic acid groups (broad SMARTS) is 1. The minimum atomic E-state index is -1.32. The van der Waals surface area contributed by atoms with Crippen molar-refractivity contribution in [2.24, 2.45) is 11.8 Å². The maximum atomic E-state index is 12.9. The summed E-state index contributed by atoms with van der Waals surface area (Å²) >= 11 is 0. The minimum Gasteiger partial charge on any atom is -0.465 e. The van der Waals surface area contributed by atoms with Gasteiger partial charge in [-0.1, -0.05) is 19.8 Å². The molecule has 2 saturated carbocycles. The normalized spacial score (nSPS) is 29.8. The van der Waals surface area contributed by atoms with Crippen molar-refractivity contribution in [2.45, 2.75) is 76.1 Å². The minimum absolute atomic E-state index is 0.0332. The molecule has 1 aliphatic heterocycles. The van der Waals surface area contributed by atoms with Crippen LogP contribution in [-0.4, -0.2) is 63.8 Å². The third-order valence-corrected chi connectivity index (χ3v) is 5.91. The second kappa shape index (κ2) is 7.82. The molecule has 0 aromatic carbocycles. The average molecular weight is 367 g/mol. The van der Waals surface area contributed by atoms with E-state index in [-0.39, 0.29) is 17.9 Å². The van der Waals surface area contributed by atoms with E-state index in [1.807, 2.05) is 6.92 Å². The highest BCUT2D eigenvalue weighted by Crippen LogP contribution is 2.42. The number of nitrogens with zero attached hydrogens (tertiary/aromatic N) is 1. The van der Waals surface area contributed by atoms with Crippen LogP contribution in [0.1, 0.15) is 51.9 Å². The second-order valence-electron chi connectivity index (χ2n) is 7.87. The van der Waals surface area contributed by atoms with Gasteiger partial charge < -0.3 is 20.8 Å². The number of nitrogens with one attached hydrogen (secondary N) is 2. The lowest BCUT2D eigenvalue weighted by atomic mass is 9.93. The Balaban J connectivity index is 1.67. The summed E-state index contributed by atoms with van der Waals surface area (Å²) in [6.07, 6.45) is 3.38. The number of rotatable bonds is 7. The van der Waals surface area contributed by atoms with E-state index in [1.165, 1.54) is 4.90 Å². The van der Waals surface area contributed by atoms with Gasteiger partial charge in [0.2, 0.25) is 5.91 Å². The first-order chi connectivity index (χ1) is 12.4. The van der Waals surface area contributed by atoms with Crippen molar-refractivity contribution in [1.82, 2.24) is 15.5 Å². The quantitative estimate of drug-likeness (QED) is 0.528. The largest absolute Gasteiger partial charge is 0.465 e. The summed E-state index contributed by atoms with van der Waals surface area (Å²) < 4.78 is 0. The number of aliphatic hydroxyl groups excluding tert-OH is 1. The van der Waals surface area contributed by atoms with E-state index in [4.69, 9.17) is 0 Å². The molecule has 1 heterocycles. The first kappa shape index (κ1) is 18.9. The third kappa shape index (κ3) is 3.95. The zero-order valence-electron chi connectivity index (χ0n) is 15.2. The lowest BCUT2D eigenvalue weighted by Gasteiger charge is -2.29. The zero-order chi connectivity index (χ0) is 18.8. The topological polar surface area (TPSA) is 119 Å². The van der Waals surface area contributed by atoms with Gasteiger partial charge in [-0.2, -0.15) is 0 Å². The van der Waals surface area contributed by atoms with E-state index < -0.39 is 36.1 Å². The van der Waals surface area contributed by atoms with Crippen LogP contribution in [0.5, 0.6) is 0 Å². The van der Waals surface area contributed by atoms with E-state index >= 15 is 0 Å². The molecule has 2 aliphatic carbocycles. The first-order valence-electron chi connectivity index (χ1n) is 9.70. The van der Waals surface area contributed by atoms with Crippen LogP contribution in [0.15, 0.2) is 0 Å². The fourth-order valence-electron chi connectivity index (χ4n) is 4.42. The van der Waals surface area contributed by atoms with Crippen molar-refractivity contribution in [1.29, 1.82) is 0 Å².